The zero-order chi connectivity index (χ0) is 14.9. The molecule has 104 valence electrons. The Kier molecular flexibility index (Phi) is 4.74. The van der Waals surface area contributed by atoms with Gasteiger partial charge in [0, 0.05) is 9.50 Å². The molecule has 0 bridgehead atoms. The van der Waals surface area contributed by atoms with Crippen molar-refractivity contribution in [2.45, 2.75) is 13.8 Å². The van der Waals surface area contributed by atoms with Crippen LogP contribution in [0.4, 0.5) is 5.69 Å². The first kappa shape index (κ1) is 15.4. The van der Waals surface area contributed by atoms with Gasteiger partial charge in [0.1, 0.15) is 0 Å². The summed E-state index contributed by atoms with van der Waals surface area (Å²) in [5.74, 6) is -0.287. The average Bonchev–Trinajstić information content (AvgIpc) is 2.36. The summed E-state index contributed by atoms with van der Waals surface area (Å²) in [7, 11) is 0. The molecule has 0 radical (unpaired) electrons. The molecule has 0 saturated heterocycles. The molecular formula is C15H12BrCl2NO. The summed E-state index contributed by atoms with van der Waals surface area (Å²) in [6.45, 7) is 3.93. The molecule has 5 heteroatoms. The van der Waals surface area contributed by atoms with E-state index in [9.17, 15) is 4.79 Å². The van der Waals surface area contributed by atoms with Crippen molar-refractivity contribution in [1.82, 2.24) is 0 Å². The Labute approximate surface area is 136 Å². The van der Waals surface area contributed by atoms with Crippen molar-refractivity contribution in [3.05, 3.63) is 61.5 Å². The van der Waals surface area contributed by atoms with E-state index in [-0.39, 0.29) is 5.91 Å². The lowest BCUT2D eigenvalue weighted by molar-refractivity contribution is 0.102. The molecule has 0 unspecified atom stereocenters. The minimum absolute atomic E-state index is 0.287. The molecule has 0 aromatic heterocycles. The normalized spacial score (nSPS) is 10.4. The highest BCUT2D eigenvalue weighted by Crippen LogP contribution is 2.29. The highest BCUT2D eigenvalue weighted by Gasteiger charge is 2.14. The summed E-state index contributed by atoms with van der Waals surface area (Å²) in [5.41, 5.74) is 3.18. The van der Waals surface area contributed by atoms with Crippen LogP contribution >= 0.6 is 39.1 Å². The molecule has 0 aliphatic rings. The number of benzene rings is 2. The zero-order valence-electron chi connectivity index (χ0n) is 10.9. The summed E-state index contributed by atoms with van der Waals surface area (Å²) < 4.78 is 0.835. The average molecular weight is 373 g/mol. The number of nitrogens with one attached hydrogen (secondary N) is 1. The molecule has 2 nitrogen and oxygen atoms in total. The lowest BCUT2D eigenvalue weighted by atomic mass is 10.1. The van der Waals surface area contributed by atoms with Crippen LogP contribution in [0.2, 0.25) is 10.0 Å². The first-order valence-electron chi connectivity index (χ1n) is 5.91. The van der Waals surface area contributed by atoms with Crippen molar-refractivity contribution in [3.8, 4) is 0 Å². The standard InChI is InChI=1S/C15H12BrCl2NO/c1-8-5-9(2)14(12(16)6-8)19-15(20)11-7-10(17)3-4-13(11)18/h3-7H,1-2H3,(H,19,20). The number of carbonyl (C=O) groups is 1. The summed E-state index contributed by atoms with van der Waals surface area (Å²) in [6, 6.07) is 8.75. The Morgan fingerprint density at radius 2 is 1.85 bits per heavy atom. The molecule has 0 atom stereocenters. The summed E-state index contributed by atoms with van der Waals surface area (Å²) >= 11 is 15.4. The monoisotopic (exact) mass is 371 g/mol. The quantitative estimate of drug-likeness (QED) is 0.727. The van der Waals surface area contributed by atoms with Crippen LogP contribution in [0.1, 0.15) is 21.5 Å². The number of carbonyl (C=O) groups excluding carboxylic acids is 1. The Bertz CT molecular complexity index is 663. The van der Waals surface area contributed by atoms with E-state index in [2.05, 4.69) is 21.2 Å². The van der Waals surface area contributed by atoms with Gasteiger partial charge in [-0.2, -0.15) is 0 Å². The van der Waals surface area contributed by atoms with Gasteiger partial charge < -0.3 is 5.32 Å². The van der Waals surface area contributed by atoms with E-state index in [0.29, 0.717) is 15.6 Å². The molecule has 0 fully saturated rings. The SMILES string of the molecule is Cc1cc(C)c(NC(=O)c2cc(Cl)ccc2Cl)c(Br)c1. The second kappa shape index (κ2) is 6.17. The van der Waals surface area contributed by atoms with Gasteiger partial charge in [-0.05, 0) is 65.2 Å². The molecule has 0 heterocycles. The predicted molar refractivity (Wildman–Crippen MR) is 88.0 cm³/mol. The number of rotatable bonds is 2. The van der Waals surface area contributed by atoms with Crippen LogP contribution in [0, 0.1) is 13.8 Å². The van der Waals surface area contributed by atoms with Crippen LogP contribution in [-0.2, 0) is 0 Å². The summed E-state index contributed by atoms with van der Waals surface area (Å²) in [4.78, 5) is 12.3. The topological polar surface area (TPSA) is 29.1 Å². The number of hydrogen-bond acceptors (Lipinski definition) is 1. The van der Waals surface area contributed by atoms with Gasteiger partial charge in [0.15, 0.2) is 0 Å². The maximum Gasteiger partial charge on any atom is 0.257 e. The van der Waals surface area contributed by atoms with Gasteiger partial charge in [0.2, 0.25) is 0 Å². The lowest BCUT2D eigenvalue weighted by Gasteiger charge is -2.12. The van der Waals surface area contributed by atoms with Gasteiger partial charge in [-0.1, -0.05) is 29.3 Å². The molecule has 0 aliphatic carbocycles. The molecule has 0 aliphatic heterocycles. The Morgan fingerprint density at radius 1 is 1.15 bits per heavy atom. The van der Waals surface area contributed by atoms with E-state index < -0.39 is 0 Å². The number of hydrogen-bond donors (Lipinski definition) is 1. The van der Waals surface area contributed by atoms with Gasteiger partial charge in [-0.3, -0.25) is 4.79 Å². The Balaban J connectivity index is 2.35. The largest absolute Gasteiger partial charge is 0.321 e. The molecule has 2 aromatic rings. The van der Waals surface area contributed by atoms with Crippen LogP contribution in [0.5, 0.6) is 0 Å². The van der Waals surface area contributed by atoms with Gasteiger partial charge in [-0.25, -0.2) is 0 Å². The Hall–Kier alpha value is -1.03. The number of amides is 1. The van der Waals surface area contributed by atoms with Gasteiger partial charge in [-0.15, -0.1) is 0 Å². The van der Waals surface area contributed by atoms with E-state index >= 15 is 0 Å². The highest BCUT2D eigenvalue weighted by atomic mass is 79.9. The fourth-order valence-corrected chi connectivity index (χ4v) is 3.07. The molecule has 20 heavy (non-hydrogen) atoms. The van der Waals surface area contributed by atoms with Crippen LogP contribution < -0.4 is 5.32 Å². The molecule has 0 saturated carbocycles. The van der Waals surface area contributed by atoms with E-state index in [0.717, 1.165) is 21.3 Å². The zero-order valence-corrected chi connectivity index (χ0v) is 14.0. The fraction of sp³-hybridized carbons (Fsp3) is 0.133. The second-order valence-electron chi connectivity index (χ2n) is 4.52. The van der Waals surface area contributed by atoms with Gasteiger partial charge in [0.25, 0.3) is 5.91 Å². The molecule has 1 amide bonds. The first-order chi connectivity index (χ1) is 9.38. The smallest absolute Gasteiger partial charge is 0.257 e. The fourth-order valence-electron chi connectivity index (χ4n) is 1.93. The van der Waals surface area contributed by atoms with Crippen molar-refractivity contribution >= 4 is 50.7 Å². The van der Waals surface area contributed by atoms with Crippen molar-refractivity contribution in [1.29, 1.82) is 0 Å². The molecule has 0 spiro atoms. The lowest BCUT2D eigenvalue weighted by Crippen LogP contribution is -2.14. The number of anilines is 1. The summed E-state index contributed by atoms with van der Waals surface area (Å²) in [5, 5.41) is 3.70. The van der Waals surface area contributed by atoms with E-state index in [1.165, 1.54) is 0 Å². The van der Waals surface area contributed by atoms with Crippen LogP contribution in [0.3, 0.4) is 0 Å². The maximum atomic E-state index is 12.3. The molecule has 1 N–H and O–H groups in total. The second-order valence-corrected chi connectivity index (χ2v) is 6.21. The van der Waals surface area contributed by atoms with Crippen LogP contribution in [0.25, 0.3) is 0 Å². The molecular weight excluding hydrogens is 361 g/mol. The van der Waals surface area contributed by atoms with E-state index in [4.69, 9.17) is 23.2 Å². The van der Waals surface area contributed by atoms with E-state index in [1.54, 1.807) is 18.2 Å². The van der Waals surface area contributed by atoms with Crippen LogP contribution in [0.15, 0.2) is 34.8 Å². The van der Waals surface area contributed by atoms with Crippen molar-refractivity contribution < 1.29 is 4.79 Å². The number of aryl methyl sites for hydroxylation is 2. The van der Waals surface area contributed by atoms with Gasteiger partial charge >= 0.3 is 0 Å². The van der Waals surface area contributed by atoms with E-state index in [1.807, 2.05) is 26.0 Å². The highest BCUT2D eigenvalue weighted by molar-refractivity contribution is 9.10. The minimum Gasteiger partial charge on any atom is -0.321 e. The first-order valence-corrected chi connectivity index (χ1v) is 7.46. The minimum atomic E-state index is -0.287. The van der Waals surface area contributed by atoms with Gasteiger partial charge in [0.05, 0.1) is 16.3 Å². The third-order valence-electron chi connectivity index (χ3n) is 2.84. The van der Waals surface area contributed by atoms with Crippen molar-refractivity contribution in [2.24, 2.45) is 0 Å². The molecule has 2 rings (SSSR count). The predicted octanol–water partition coefficient (Wildman–Crippen LogP) is 5.63. The Morgan fingerprint density at radius 3 is 2.50 bits per heavy atom. The molecule has 2 aromatic carbocycles. The third-order valence-corrected chi connectivity index (χ3v) is 4.03. The van der Waals surface area contributed by atoms with Crippen LogP contribution in [-0.4, -0.2) is 5.91 Å². The summed E-state index contributed by atoms with van der Waals surface area (Å²) in [6.07, 6.45) is 0. The third kappa shape index (κ3) is 3.35. The number of halogens is 3. The van der Waals surface area contributed by atoms with Crippen molar-refractivity contribution in [3.63, 3.8) is 0 Å². The maximum absolute atomic E-state index is 12.3. The van der Waals surface area contributed by atoms with Crippen molar-refractivity contribution in [2.75, 3.05) is 5.32 Å².